The third-order valence-electron chi connectivity index (χ3n) is 3.88. The SMILES string of the molecule is COc1cc(C(=O)N2CCc3ccc(S(=O)(=O)N(C)C)cc32)on1. The average molecular weight is 351 g/mol. The fourth-order valence-electron chi connectivity index (χ4n) is 2.53. The van der Waals surface area contributed by atoms with E-state index < -0.39 is 10.0 Å². The van der Waals surface area contributed by atoms with Gasteiger partial charge in [-0.15, -0.1) is 0 Å². The number of hydrogen-bond acceptors (Lipinski definition) is 6. The summed E-state index contributed by atoms with van der Waals surface area (Å²) in [6.07, 6.45) is 0.647. The fraction of sp³-hybridized carbons (Fsp3) is 0.333. The third-order valence-corrected chi connectivity index (χ3v) is 5.70. The molecule has 24 heavy (non-hydrogen) atoms. The van der Waals surface area contributed by atoms with E-state index in [1.54, 1.807) is 12.1 Å². The maximum Gasteiger partial charge on any atom is 0.297 e. The molecule has 8 nitrogen and oxygen atoms in total. The quantitative estimate of drug-likeness (QED) is 0.820. The molecule has 2 aromatic rings. The monoisotopic (exact) mass is 351 g/mol. The Balaban J connectivity index is 1.97. The zero-order valence-electron chi connectivity index (χ0n) is 13.5. The van der Waals surface area contributed by atoms with Crippen molar-refractivity contribution in [3.63, 3.8) is 0 Å². The van der Waals surface area contributed by atoms with Crippen LogP contribution in [-0.4, -0.2) is 51.5 Å². The summed E-state index contributed by atoms with van der Waals surface area (Å²) < 4.78 is 35.6. The summed E-state index contributed by atoms with van der Waals surface area (Å²) in [5.74, 6) is -0.133. The average Bonchev–Trinajstić information content (AvgIpc) is 3.20. The number of fused-ring (bicyclic) bond motifs is 1. The molecule has 1 aromatic carbocycles. The van der Waals surface area contributed by atoms with Gasteiger partial charge in [-0.1, -0.05) is 6.07 Å². The van der Waals surface area contributed by atoms with E-state index >= 15 is 0 Å². The molecule has 1 aliphatic heterocycles. The first-order chi connectivity index (χ1) is 11.3. The van der Waals surface area contributed by atoms with Crippen molar-refractivity contribution in [1.29, 1.82) is 0 Å². The van der Waals surface area contributed by atoms with Crippen LogP contribution < -0.4 is 9.64 Å². The number of hydrogen-bond donors (Lipinski definition) is 0. The Labute approximate surface area is 139 Å². The molecule has 0 aliphatic carbocycles. The van der Waals surface area contributed by atoms with Gasteiger partial charge in [0.2, 0.25) is 15.8 Å². The van der Waals surface area contributed by atoms with Crippen LogP contribution in [-0.2, 0) is 16.4 Å². The molecule has 0 saturated heterocycles. The Kier molecular flexibility index (Phi) is 4.06. The molecule has 0 bridgehead atoms. The largest absolute Gasteiger partial charge is 0.479 e. The Bertz CT molecular complexity index is 888. The molecular formula is C15H17N3O5S. The second-order valence-electron chi connectivity index (χ2n) is 5.52. The van der Waals surface area contributed by atoms with Gasteiger partial charge in [0.15, 0.2) is 0 Å². The minimum Gasteiger partial charge on any atom is -0.479 e. The first kappa shape index (κ1) is 16.5. The van der Waals surface area contributed by atoms with Crippen LogP contribution in [0.3, 0.4) is 0 Å². The highest BCUT2D eigenvalue weighted by molar-refractivity contribution is 7.89. The van der Waals surface area contributed by atoms with E-state index in [1.807, 2.05) is 0 Å². The number of methoxy groups -OCH3 is 1. The summed E-state index contributed by atoms with van der Waals surface area (Å²) in [6.45, 7) is 0.447. The molecule has 0 saturated carbocycles. The van der Waals surface area contributed by atoms with E-state index in [1.165, 1.54) is 38.2 Å². The summed E-state index contributed by atoms with van der Waals surface area (Å²) in [5.41, 5.74) is 1.48. The highest BCUT2D eigenvalue weighted by Crippen LogP contribution is 2.32. The minimum absolute atomic E-state index is 0.0422. The lowest BCUT2D eigenvalue weighted by molar-refractivity contribution is 0.0953. The highest BCUT2D eigenvalue weighted by Gasteiger charge is 2.30. The summed E-state index contributed by atoms with van der Waals surface area (Å²) in [6, 6.07) is 6.21. The van der Waals surface area contributed by atoms with Crippen molar-refractivity contribution >= 4 is 21.6 Å². The topological polar surface area (TPSA) is 93.0 Å². The molecule has 0 spiro atoms. The molecule has 3 rings (SSSR count). The van der Waals surface area contributed by atoms with Crippen molar-refractivity contribution in [2.24, 2.45) is 0 Å². The lowest BCUT2D eigenvalue weighted by Gasteiger charge is -2.17. The third kappa shape index (κ3) is 2.65. The van der Waals surface area contributed by atoms with E-state index in [9.17, 15) is 13.2 Å². The molecule has 0 N–H and O–H groups in total. The van der Waals surface area contributed by atoms with E-state index in [0.29, 0.717) is 18.7 Å². The van der Waals surface area contributed by atoms with Gasteiger partial charge in [-0.25, -0.2) is 12.7 Å². The van der Waals surface area contributed by atoms with Crippen LogP contribution in [0.4, 0.5) is 5.69 Å². The Morgan fingerprint density at radius 1 is 1.33 bits per heavy atom. The zero-order chi connectivity index (χ0) is 17.5. The number of nitrogens with zero attached hydrogens (tertiary/aromatic N) is 3. The Hall–Kier alpha value is -2.39. The molecule has 9 heteroatoms. The molecule has 128 valence electrons. The van der Waals surface area contributed by atoms with Crippen LogP contribution in [0.15, 0.2) is 33.7 Å². The molecule has 1 aliphatic rings. The molecule has 0 atom stereocenters. The molecule has 2 heterocycles. The zero-order valence-corrected chi connectivity index (χ0v) is 14.3. The predicted octanol–water partition coefficient (Wildman–Crippen LogP) is 1.14. The first-order valence-electron chi connectivity index (χ1n) is 7.22. The second kappa shape index (κ2) is 5.91. The predicted molar refractivity (Wildman–Crippen MR) is 85.8 cm³/mol. The summed E-state index contributed by atoms with van der Waals surface area (Å²) in [5, 5.41) is 3.62. The molecule has 0 unspecified atom stereocenters. The fourth-order valence-corrected chi connectivity index (χ4v) is 3.45. The number of rotatable bonds is 4. The van der Waals surface area contributed by atoms with Gasteiger partial charge in [-0.3, -0.25) is 4.79 Å². The second-order valence-corrected chi connectivity index (χ2v) is 7.67. The van der Waals surface area contributed by atoms with Crippen molar-refractivity contribution in [2.45, 2.75) is 11.3 Å². The number of aromatic nitrogens is 1. The van der Waals surface area contributed by atoms with Crippen LogP contribution in [0.2, 0.25) is 0 Å². The number of carbonyl (C=O) groups excluding carboxylic acids is 1. The van der Waals surface area contributed by atoms with Crippen LogP contribution >= 0.6 is 0 Å². The summed E-state index contributed by atoms with van der Waals surface area (Å²) in [4.78, 5) is 14.2. The van der Waals surface area contributed by atoms with Crippen molar-refractivity contribution in [3.8, 4) is 5.88 Å². The molecule has 1 amide bonds. The van der Waals surface area contributed by atoms with E-state index in [0.717, 1.165) is 9.87 Å². The molecular weight excluding hydrogens is 334 g/mol. The lowest BCUT2D eigenvalue weighted by atomic mass is 10.2. The summed E-state index contributed by atoms with van der Waals surface area (Å²) in [7, 11) is 0.783. The van der Waals surface area contributed by atoms with Crippen molar-refractivity contribution in [2.75, 3.05) is 32.6 Å². The Morgan fingerprint density at radius 3 is 2.71 bits per heavy atom. The maximum atomic E-state index is 12.6. The van der Waals surface area contributed by atoms with E-state index in [-0.39, 0.29) is 22.4 Å². The van der Waals surface area contributed by atoms with Gasteiger partial charge in [0.05, 0.1) is 18.1 Å². The van der Waals surface area contributed by atoms with Gasteiger partial charge in [0.25, 0.3) is 11.8 Å². The number of benzene rings is 1. The highest BCUT2D eigenvalue weighted by atomic mass is 32.2. The maximum absolute atomic E-state index is 12.6. The standard InChI is InChI=1S/C15H17N3O5S/c1-17(2)24(20,21)11-5-4-10-6-7-18(12(10)8-11)15(19)13-9-14(22-3)16-23-13/h4-5,8-9H,6-7H2,1-3H3. The van der Waals surface area contributed by atoms with Crippen LogP contribution in [0.5, 0.6) is 5.88 Å². The minimum atomic E-state index is -3.57. The molecule has 0 fully saturated rings. The van der Waals surface area contributed by atoms with Crippen LogP contribution in [0, 0.1) is 0 Å². The number of sulfonamides is 1. The van der Waals surface area contributed by atoms with E-state index in [2.05, 4.69) is 5.16 Å². The number of carbonyl (C=O) groups is 1. The van der Waals surface area contributed by atoms with Gasteiger partial charge < -0.3 is 14.2 Å². The van der Waals surface area contributed by atoms with Crippen molar-refractivity contribution < 1.29 is 22.5 Å². The van der Waals surface area contributed by atoms with Crippen molar-refractivity contribution in [3.05, 3.63) is 35.6 Å². The number of amides is 1. The van der Waals surface area contributed by atoms with Crippen LogP contribution in [0.25, 0.3) is 0 Å². The van der Waals surface area contributed by atoms with E-state index in [4.69, 9.17) is 9.26 Å². The van der Waals surface area contributed by atoms with Gasteiger partial charge in [-0.05, 0) is 29.3 Å². The summed E-state index contributed by atoms with van der Waals surface area (Å²) >= 11 is 0. The van der Waals surface area contributed by atoms with Crippen LogP contribution in [0.1, 0.15) is 16.1 Å². The van der Waals surface area contributed by atoms with Crippen molar-refractivity contribution in [1.82, 2.24) is 9.46 Å². The van der Waals surface area contributed by atoms with Gasteiger partial charge in [0, 0.05) is 26.3 Å². The van der Waals surface area contributed by atoms with Gasteiger partial charge >= 0.3 is 0 Å². The smallest absolute Gasteiger partial charge is 0.297 e. The Morgan fingerprint density at radius 2 is 2.08 bits per heavy atom. The normalized spacial score (nSPS) is 14.1. The van der Waals surface area contributed by atoms with Gasteiger partial charge in [-0.2, -0.15) is 0 Å². The molecule has 1 aromatic heterocycles. The van der Waals surface area contributed by atoms with Gasteiger partial charge in [0.1, 0.15) is 0 Å². The first-order valence-corrected chi connectivity index (χ1v) is 8.66. The number of anilines is 1. The molecule has 0 radical (unpaired) electrons. The number of ether oxygens (including phenoxy) is 1. The lowest BCUT2D eigenvalue weighted by Crippen LogP contribution is -2.29.